The molecule has 0 aliphatic rings. The summed E-state index contributed by atoms with van der Waals surface area (Å²) < 4.78 is 32.4. The average molecular weight is 326 g/mol. The van der Waals surface area contributed by atoms with Crippen molar-refractivity contribution in [3.05, 3.63) is 53.6 Å². The van der Waals surface area contributed by atoms with E-state index in [4.69, 9.17) is 16.3 Å². The molecule has 2 aromatic carbocycles. The van der Waals surface area contributed by atoms with Crippen molar-refractivity contribution in [2.75, 3.05) is 11.3 Å². The number of hydrogen-bond donors (Lipinski definition) is 1. The Hall–Kier alpha value is -1.72. The summed E-state index contributed by atoms with van der Waals surface area (Å²) in [6.45, 7) is 2.65. The number of benzene rings is 2. The number of ether oxygens (including phenoxy) is 1. The SMILES string of the molecule is CCCOc1ccc(NS(=O)(=O)c2ccccc2Cl)cc1. The summed E-state index contributed by atoms with van der Waals surface area (Å²) in [7, 11) is -3.70. The number of sulfonamides is 1. The molecule has 0 bridgehead atoms. The third kappa shape index (κ3) is 4.12. The number of nitrogens with one attached hydrogen (secondary N) is 1. The fourth-order valence-electron chi connectivity index (χ4n) is 1.71. The Kier molecular flexibility index (Phi) is 5.09. The van der Waals surface area contributed by atoms with Gasteiger partial charge in [0.1, 0.15) is 10.6 Å². The lowest BCUT2D eigenvalue weighted by atomic mass is 10.3. The third-order valence-electron chi connectivity index (χ3n) is 2.71. The van der Waals surface area contributed by atoms with E-state index in [1.165, 1.54) is 12.1 Å². The predicted octanol–water partition coefficient (Wildman–Crippen LogP) is 3.93. The van der Waals surface area contributed by atoms with Crippen molar-refractivity contribution >= 4 is 27.3 Å². The van der Waals surface area contributed by atoms with Crippen LogP contribution in [0.1, 0.15) is 13.3 Å². The normalized spacial score (nSPS) is 11.1. The maximum Gasteiger partial charge on any atom is 0.263 e. The van der Waals surface area contributed by atoms with Crippen molar-refractivity contribution in [3.63, 3.8) is 0 Å². The molecule has 6 heteroatoms. The van der Waals surface area contributed by atoms with E-state index in [1.807, 2.05) is 6.92 Å². The van der Waals surface area contributed by atoms with Crippen LogP contribution in [0.4, 0.5) is 5.69 Å². The largest absolute Gasteiger partial charge is 0.494 e. The molecule has 0 aliphatic heterocycles. The van der Waals surface area contributed by atoms with Gasteiger partial charge in [0, 0.05) is 5.69 Å². The minimum Gasteiger partial charge on any atom is -0.494 e. The fourth-order valence-corrected chi connectivity index (χ4v) is 3.29. The van der Waals surface area contributed by atoms with E-state index in [1.54, 1.807) is 36.4 Å². The van der Waals surface area contributed by atoms with E-state index in [-0.39, 0.29) is 9.92 Å². The summed E-state index contributed by atoms with van der Waals surface area (Å²) in [6.07, 6.45) is 0.918. The van der Waals surface area contributed by atoms with Crippen LogP contribution < -0.4 is 9.46 Å². The van der Waals surface area contributed by atoms with Crippen molar-refractivity contribution in [2.24, 2.45) is 0 Å². The first kappa shape index (κ1) is 15.7. The van der Waals surface area contributed by atoms with Crippen LogP contribution in [0, 0.1) is 0 Å². The van der Waals surface area contributed by atoms with Gasteiger partial charge in [-0.05, 0) is 42.8 Å². The minimum atomic E-state index is -3.70. The first-order chi connectivity index (χ1) is 10.0. The Balaban J connectivity index is 2.16. The molecule has 0 heterocycles. The Morgan fingerprint density at radius 2 is 1.76 bits per heavy atom. The van der Waals surface area contributed by atoms with Crippen LogP contribution in [0.2, 0.25) is 5.02 Å². The van der Waals surface area contributed by atoms with Gasteiger partial charge in [-0.1, -0.05) is 30.7 Å². The lowest BCUT2D eigenvalue weighted by molar-refractivity contribution is 0.317. The summed E-state index contributed by atoms with van der Waals surface area (Å²) >= 11 is 5.92. The van der Waals surface area contributed by atoms with Gasteiger partial charge in [-0.3, -0.25) is 4.72 Å². The highest BCUT2D eigenvalue weighted by Gasteiger charge is 2.17. The third-order valence-corrected chi connectivity index (χ3v) is 4.59. The van der Waals surface area contributed by atoms with Gasteiger partial charge in [0.05, 0.1) is 11.6 Å². The molecule has 4 nitrogen and oxygen atoms in total. The number of hydrogen-bond acceptors (Lipinski definition) is 3. The van der Waals surface area contributed by atoms with Crippen LogP contribution in [0.3, 0.4) is 0 Å². The number of rotatable bonds is 6. The molecular formula is C15H16ClNO3S. The summed E-state index contributed by atoms with van der Waals surface area (Å²) in [5.41, 5.74) is 0.457. The lowest BCUT2D eigenvalue weighted by Gasteiger charge is -2.10. The maximum atomic E-state index is 12.3. The van der Waals surface area contributed by atoms with E-state index in [9.17, 15) is 8.42 Å². The molecule has 2 aromatic rings. The van der Waals surface area contributed by atoms with Gasteiger partial charge in [-0.15, -0.1) is 0 Å². The molecule has 0 spiro atoms. The number of halogens is 1. The van der Waals surface area contributed by atoms with Gasteiger partial charge in [-0.25, -0.2) is 8.42 Å². The zero-order valence-corrected chi connectivity index (χ0v) is 13.1. The summed E-state index contributed by atoms with van der Waals surface area (Å²) in [4.78, 5) is 0.0537. The molecule has 112 valence electrons. The van der Waals surface area contributed by atoms with Crippen LogP contribution in [0.15, 0.2) is 53.4 Å². The monoisotopic (exact) mass is 325 g/mol. The van der Waals surface area contributed by atoms with E-state index in [2.05, 4.69) is 4.72 Å². The smallest absolute Gasteiger partial charge is 0.263 e. The molecular weight excluding hydrogens is 310 g/mol. The zero-order chi connectivity index (χ0) is 15.3. The van der Waals surface area contributed by atoms with E-state index >= 15 is 0 Å². The van der Waals surface area contributed by atoms with Crippen molar-refractivity contribution in [1.29, 1.82) is 0 Å². The highest BCUT2D eigenvalue weighted by Crippen LogP contribution is 2.24. The van der Waals surface area contributed by atoms with Gasteiger partial charge in [0.2, 0.25) is 0 Å². The van der Waals surface area contributed by atoms with Gasteiger partial charge in [0.25, 0.3) is 10.0 Å². The second-order valence-corrected chi connectivity index (χ2v) is 6.47. The predicted molar refractivity (Wildman–Crippen MR) is 84.5 cm³/mol. The van der Waals surface area contributed by atoms with Gasteiger partial charge in [0.15, 0.2) is 0 Å². The van der Waals surface area contributed by atoms with Crippen molar-refractivity contribution < 1.29 is 13.2 Å². The molecule has 0 aromatic heterocycles. The Labute approximate surface area is 129 Å². The Morgan fingerprint density at radius 1 is 1.10 bits per heavy atom. The quantitative estimate of drug-likeness (QED) is 0.875. The lowest BCUT2D eigenvalue weighted by Crippen LogP contribution is -2.13. The zero-order valence-electron chi connectivity index (χ0n) is 11.5. The average Bonchev–Trinajstić information content (AvgIpc) is 2.46. The van der Waals surface area contributed by atoms with E-state index in [0.717, 1.165) is 6.42 Å². The topological polar surface area (TPSA) is 55.4 Å². The first-order valence-corrected chi connectivity index (χ1v) is 8.39. The summed E-state index contributed by atoms with van der Waals surface area (Å²) in [5, 5.41) is 0.188. The van der Waals surface area contributed by atoms with Crippen LogP contribution in [0.5, 0.6) is 5.75 Å². The fraction of sp³-hybridized carbons (Fsp3) is 0.200. The number of anilines is 1. The highest BCUT2D eigenvalue weighted by molar-refractivity contribution is 7.92. The Bertz CT molecular complexity index is 699. The van der Waals surface area contributed by atoms with E-state index in [0.29, 0.717) is 18.0 Å². The standard InChI is InChI=1S/C15H16ClNO3S/c1-2-11-20-13-9-7-12(8-10-13)17-21(18,19)15-6-4-3-5-14(15)16/h3-10,17H,2,11H2,1H3. The molecule has 0 saturated carbocycles. The molecule has 0 fully saturated rings. The molecule has 0 radical (unpaired) electrons. The molecule has 1 N–H and O–H groups in total. The van der Waals surface area contributed by atoms with Crippen molar-refractivity contribution in [2.45, 2.75) is 18.2 Å². The molecule has 0 saturated heterocycles. The second kappa shape index (κ2) is 6.83. The molecule has 0 aliphatic carbocycles. The van der Waals surface area contributed by atoms with Crippen LogP contribution in [0.25, 0.3) is 0 Å². The molecule has 21 heavy (non-hydrogen) atoms. The van der Waals surface area contributed by atoms with Gasteiger partial charge in [-0.2, -0.15) is 0 Å². The first-order valence-electron chi connectivity index (χ1n) is 6.53. The van der Waals surface area contributed by atoms with Crippen LogP contribution in [-0.4, -0.2) is 15.0 Å². The maximum absolute atomic E-state index is 12.3. The summed E-state index contributed by atoms with van der Waals surface area (Å²) in [5.74, 6) is 0.706. The summed E-state index contributed by atoms with van der Waals surface area (Å²) in [6, 6.07) is 13.1. The van der Waals surface area contributed by atoms with E-state index < -0.39 is 10.0 Å². The minimum absolute atomic E-state index is 0.0537. The van der Waals surface area contributed by atoms with Crippen molar-refractivity contribution in [1.82, 2.24) is 0 Å². The van der Waals surface area contributed by atoms with Gasteiger partial charge < -0.3 is 4.74 Å². The molecule has 2 rings (SSSR count). The van der Waals surface area contributed by atoms with Gasteiger partial charge >= 0.3 is 0 Å². The molecule has 0 amide bonds. The van der Waals surface area contributed by atoms with Crippen LogP contribution in [-0.2, 0) is 10.0 Å². The van der Waals surface area contributed by atoms with Crippen molar-refractivity contribution in [3.8, 4) is 5.75 Å². The van der Waals surface area contributed by atoms with Crippen LogP contribution >= 0.6 is 11.6 Å². The Morgan fingerprint density at radius 3 is 2.38 bits per heavy atom. The highest BCUT2D eigenvalue weighted by atomic mass is 35.5. The molecule has 0 atom stereocenters. The second-order valence-electron chi connectivity index (χ2n) is 4.41. The molecule has 0 unspecified atom stereocenters.